The minimum absolute atomic E-state index is 0.00629. The number of hydrogen-bond acceptors (Lipinski definition) is 6. The van der Waals surface area contributed by atoms with Crippen LogP contribution in [0.1, 0.15) is 38.8 Å². The molecule has 27 heavy (non-hydrogen) atoms. The minimum Gasteiger partial charge on any atom is -0.465 e. The predicted molar refractivity (Wildman–Crippen MR) is 95.0 cm³/mol. The fourth-order valence-electron chi connectivity index (χ4n) is 4.42. The van der Waals surface area contributed by atoms with Gasteiger partial charge in [0, 0.05) is 31.6 Å². The van der Waals surface area contributed by atoms with Crippen LogP contribution in [0.4, 0.5) is 0 Å². The molecule has 3 rings (SSSR count). The van der Waals surface area contributed by atoms with Crippen LogP contribution in [0.2, 0.25) is 0 Å². The molecule has 1 aliphatic heterocycles. The minimum atomic E-state index is -1.03. The van der Waals surface area contributed by atoms with Gasteiger partial charge in [0.05, 0.1) is 12.6 Å². The second kappa shape index (κ2) is 7.68. The number of aliphatic hydroxyl groups excluding tert-OH is 1. The van der Waals surface area contributed by atoms with E-state index in [4.69, 9.17) is 9.47 Å². The summed E-state index contributed by atoms with van der Waals surface area (Å²) in [6.45, 7) is 4.49. The highest BCUT2D eigenvalue weighted by atomic mass is 16.6. The van der Waals surface area contributed by atoms with E-state index in [1.54, 1.807) is 0 Å². The van der Waals surface area contributed by atoms with Crippen molar-refractivity contribution >= 4 is 17.8 Å². The van der Waals surface area contributed by atoms with Crippen LogP contribution in [0.5, 0.6) is 0 Å². The zero-order chi connectivity index (χ0) is 19.7. The SMILES string of the molecule is CC(=O)OC[C@H]1[C@@H]2[C@H](C[C@@H]1OC(C)=O)C(=O)N([C@@H](C)c1ccccc1)[C@@H]2O. The number of fused-ring (bicyclic) bond motifs is 1. The topological polar surface area (TPSA) is 93.1 Å². The molecule has 0 bridgehead atoms. The first kappa shape index (κ1) is 19.4. The Morgan fingerprint density at radius 2 is 1.89 bits per heavy atom. The summed E-state index contributed by atoms with van der Waals surface area (Å²) in [7, 11) is 0. The fraction of sp³-hybridized carbons (Fsp3) is 0.550. The van der Waals surface area contributed by atoms with Gasteiger partial charge in [-0.2, -0.15) is 0 Å². The first-order valence-corrected chi connectivity index (χ1v) is 9.17. The van der Waals surface area contributed by atoms with Gasteiger partial charge in [-0.25, -0.2) is 0 Å². The molecule has 0 aromatic heterocycles. The van der Waals surface area contributed by atoms with E-state index < -0.39 is 42.0 Å². The number of rotatable bonds is 5. The summed E-state index contributed by atoms with van der Waals surface area (Å²) in [5.74, 6) is -2.40. The third-order valence-electron chi connectivity index (χ3n) is 5.62. The Labute approximate surface area is 158 Å². The summed E-state index contributed by atoms with van der Waals surface area (Å²) < 4.78 is 10.5. The Morgan fingerprint density at radius 1 is 1.22 bits per heavy atom. The molecule has 1 saturated heterocycles. The quantitative estimate of drug-likeness (QED) is 0.787. The molecule has 7 nitrogen and oxygen atoms in total. The number of esters is 2. The highest BCUT2D eigenvalue weighted by molar-refractivity contribution is 5.83. The van der Waals surface area contributed by atoms with Crippen molar-refractivity contribution in [2.45, 2.75) is 45.6 Å². The molecule has 1 aliphatic carbocycles. The van der Waals surface area contributed by atoms with E-state index in [2.05, 4.69) is 0 Å². The number of carbonyl (C=O) groups excluding carboxylic acids is 3. The van der Waals surface area contributed by atoms with Gasteiger partial charge >= 0.3 is 11.9 Å². The normalized spacial score (nSPS) is 30.7. The molecule has 2 aliphatic rings. The van der Waals surface area contributed by atoms with E-state index in [0.29, 0.717) is 6.42 Å². The van der Waals surface area contributed by atoms with Crippen LogP contribution < -0.4 is 0 Å². The molecule has 7 heteroatoms. The van der Waals surface area contributed by atoms with Crippen LogP contribution in [0, 0.1) is 17.8 Å². The van der Waals surface area contributed by atoms with Crippen molar-refractivity contribution in [3.05, 3.63) is 35.9 Å². The molecule has 1 heterocycles. The summed E-state index contributed by atoms with van der Waals surface area (Å²) >= 11 is 0. The number of hydrogen-bond donors (Lipinski definition) is 1. The highest BCUT2D eigenvalue weighted by Crippen LogP contribution is 2.49. The lowest BCUT2D eigenvalue weighted by Gasteiger charge is -2.33. The smallest absolute Gasteiger partial charge is 0.302 e. The Hall–Kier alpha value is -2.41. The van der Waals surface area contributed by atoms with Crippen LogP contribution in [-0.4, -0.2) is 46.8 Å². The number of carbonyl (C=O) groups is 3. The van der Waals surface area contributed by atoms with Gasteiger partial charge in [0.2, 0.25) is 5.91 Å². The molecule has 1 saturated carbocycles. The van der Waals surface area contributed by atoms with Gasteiger partial charge in [0.15, 0.2) is 0 Å². The van der Waals surface area contributed by atoms with Crippen molar-refractivity contribution in [3.8, 4) is 0 Å². The van der Waals surface area contributed by atoms with E-state index >= 15 is 0 Å². The Morgan fingerprint density at radius 3 is 2.48 bits per heavy atom. The maximum absolute atomic E-state index is 13.0. The fourth-order valence-corrected chi connectivity index (χ4v) is 4.42. The van der Waals surface area contributed by atoms with Crippen LogP contribution in [-0.2, 0) is 23.9 Å². The van der Waals surface area contributed by atoms with Gasteiger partial charge in [0.25, 0.3) is 0 Å². The molecule has 0 unspecified atom stereocenters. The first-order chi connectivity index (χ1) is 12.8. The lowest BCUT2D eigenvalue weighted by Crippen LogP contribution is -2.42. The summed E-state index contributed by atoms with van der Waals surface area (Å²) in [5, 5.41) is 11.0. The number of ether oxygens (including phenoxy) is 2. The summed E-state index contributed by atoms with van der Waals surface area (Å²) in [6.07, 6.45) is -1.26. The summed E-state index contributed by atoms with van der Waals surface area (Å²) in [5.41, 5.74) is 0.929. The van der Waals surface area contributed by atoms with Crippen LogP contribution in [0.25, 0.3) is 0 Å². The first-order valence-electron chi connectivity index (χ1n) is 9.17. The molecule has 1 amide bonds. The average molecular weight is 375 g/mol. The van der Waals surface area contributed by atoms with Gasteiger partial charge in [-0.15, -0.1) is 0 Å². The zero-order valence-corrected chi connectivity index (χ0v) is 15.7. The number of benzene rings is 1. The van der Waals surface area contributed by atoms with Crippen molar-refractivity contribution in [2.75, 3.05) is 6.61 Å². The van der Waals surface area contributed by atoms with Crippen LogP contribution in [0.15, 0.2) is 30.3 Å². The zero-order valence-electron chi connectivity index (χ0n) is 15.7. The summed E-state index contributed by atoms with van der Waals surface area (Å²) in [6, 6.07) is 9.21. The molecule has 6 atom stereocenters. The molecule has 2 fully saturated rings. The molecule has 0 spiro atoms. The lowest BCUT2D eigenvalue weighted by atomic mass is 9.90. The Kier molecular flexibility index (Phi) is 5.51. The van der Waals surface area contributed by atoms with Crippen molar-refractivity contribution in [2.24, 2.45) is 17.8 Å². The van der Waals surface area contributed by atoms with Gasteiger partial charge in [-0.1, -0.05) is 30.3 Å². The lowest BCUT2D eigenvalue weighted by molar-refractivity contribution is -0.157. The number of nitrogens with zero attached hydrogens (tertiary/aromatic N) is 1. The third kappa shape index (κ3) is 3.69. The van der Waals surface area contributed by atoms with Crippen LogP contribution >= 0.6 is 0 Å². The van der Waals surface area contributed by atoms with Crippen molar-refractivity contribution < 1.29 is 29.0 Å². The number of amides is 1. The van der Waals surface area contributed by atoms with Gasteiger partial charge in [0.1, 0.15) is 12.3 Å². The van der Waals surface area contributed by atoms with E-state index in [0.717, 1.165) is 5.56 Å². The van der Waals surface area contributed by atoms with E-state index in [1.165, 1.54) is 18.7 Å². The van der Waals surface area contributed by atoms with Gasteiger partial charge < -0.3 is 19.5 Å². The molecular formula is C20H25NO6. The highest BCUT2D eigenvalue weighted by Gasteiger charge is 2.59. The molecule has 1 aromatic carbocycles. The second-order valence-corrected chi connectivity index (χ2v) is 7.28. The molecule has 1 aromatic rings. The average Bonchev–Trinajstić information content (AvgIpc) is 3.08. The van der Waals surface area contributed by atoms with Crippen molar-refractivity contribution in [1.29, 1.82) is 0 Å². The standard InChI is InChI=1S/C20H25NO6/c1-11(14-7-5-4-6-8-14)21-19(24)15-9-17(27-13(3)23)16(10-26-12(2)22)18(15)20(21)25/h4-8,11,15-18,20,25H,9-10H2,1-3H3/t11-,15-,16+,17-,18-,20+/m0/s1. The maximum atomic E-state index is 13.0. The van der Waals surface area contributed by atoms with E-state index in [-0.39, 0.29) is 18.6 Å². The number of aliphatic hydroxyl groups is 1. The van der Waals surface area contributed by atoms with Crippen molar-refractivity contribution in [1.82, 2.24) is 4.90 Å². The van der Waals surface area contributed by atoms with Gasteiger partial charge in [-0.3, -0.25) is 14.4 Å². The Balaban J connectivity index is 1.84. The largest absolute Gasteiger partial charge is 0.465 e. The number of likely N-dealkylation sites (tertiary alicyclic amines) is 1. The monoisotopic (exact) mass is 375 g/mol. The third-order valence-corrected chi connectivity index (χ3v) is 5.62. The molecule has 0 radical (unpaired) electrons. The Bertz CT molecular complexity index is 720. The van der Waals surface area contributed by atoms with Gasteiger partial charge in [-0.05, 0) is 18.9 Å². The second-order valence-electron chi connectivity index (χ2n) is 7.28. The van der Waals surface area contributed by atoms with Crippen LogP contribution in [0.3, 0.4) is 0 Å². The van der Waals surface area contributed by atoms with E-state index in [9.17, 15) is 19.5 Å². The predicted octanol–water partition coefficient (Wildman–Crippen LogP) is 1.66. The van der Waals surface area contributed by atoms with E-state index in [1.807, 2.05) is 37.3 Å². The maximum Gasteiger partial charge on any atom is 0.302 e. The summed E-state index contributed by atoms with van der Waals surface area (Å²) in [4.78, 5) is 37.2. The molecule has 146 valence electrons. The van der Waals surface area contributed by atoms with Crippen molar-refractivity contribution in [3.63, 3.8) is 0 Å². The molecule has 1 N–H and O–H groups in total. The molecular weight excluding hydrogens is 350 g/mol.